The topological polar surface area (TPSA) is 43.4 Å². The Bertz CT molecular complexity index is 357. The summed E-state index contributed by atoms with van der Waals surface area (Å²) in [4.78, 5) is 4.24. The summed E-state index contributed by atoms with van der Waals surface area (Å²) in [6.07, 6.45) is 6.65. The molecule has 4 heteroatoms. The van der Waals surface area contributed by atoms with Crippen molar-refractivity contribution in [2.45, 2.75) is 37.8 Å². The van der Waals surface area contributed by atoms with E-state index in [1.165, 1.54) is 12.8 Å². The van der Waals surface area contributed by atoms with Crippen molar-refractivity contribution < 1.29 is 9.47 Å². The molecule has 0 saturated heterocycles. The third-order valence-electron chi connectivity index (χ3n) is 3.29. The molecule has 0 aliphatic heterocycles. The summed E-state index contributed by atoms with van der Waals surface area (Å²) in [6.45, 7) is 0. The highest BCUT2D eigenvalue weighted by Gasteiger charge is 2.26. The summed E-state index contributed by atoms with van der Waals surface area (Å²) >= 11 is 0. The molecule has 1 aromatic heterocycles. The molecule has 1 aliphatic carbocycles. The van der Waals surface area contributed by atoms with Gasteiger partial charge >= 0.3 is 0 Å². The number of ether oxygens (including phenoxy) is 2. The highest BCUT2D eigenvalue weighted by atomic mass is 16.5. The Hall–Kier alpha value is -1.29. The molecule has 0 spiro atoms. The summed E-state index contributed by atoms with van der Waals surface area (Å²) in [5.41, 5.74) is 0. The monoisotopic (exact) mass is 236 g/mol. The van der Waals surface area contributed by atoms with Crippen LogP contribution in [0.2, 0.25) is 0 Å². The molecule has 1 fully saturated rings. The average Bonchev–Trinajstić information content (AvgIpc) is 2.40. The van der Waals surface area contributed by atoms with Crippen molar-refractivity contribution >= 4 is 0 Å². The van der Waals surface area contributed by atoms with E-state index in [0.717, 1.165) is 12.8 Å². The largest absolute Gasteiger partial charge is 0.491 e. The predicted octanol–water partition coefficient (Wildman–Crippen LogP) is 2.00. The highest BCUT2D eigenvalue weighted by molar-refractivity contribution is 5.32. The number of likely N-dealkylation sites (N-methyl/N-ethyl adjacent to an activating group) is 1. The van der Waals surface area contributed by atoms with Crippen LogP contribution >= 0.6 is 0 Å². The lowest BCUT2D eigenvalue weighted by molar-refractivity contribution is 0.109. The smallest absolute Gasteiger partial charge is 0.257 e. The van der Waals surface area contributed by atoms with Gasteiger partial charge in [-0.3, -0.25) is 0 Å². The number of nitrogens with one attached hydrogen (secondary N) is 1. The lowest BCUT2D eigenvalue weighted by Gasteiger charge is -2.31. The van der Waals surface area contributed by atoms with Gasteiger partial charge in [0.2, 0.25) is 0 Å². The van der Waals surface area contributed by atoms with Gasteiger partial charge in [0.1, 0.15) is 6.10 Å². The van der Waals surface area contributed by atoms with Crippen molar-refractivity contribution in [3.8, 4) is 11.6 Å². The van der Waals surface area contributed by atoms with Gasteiger partial charge in [-0.05, 0) is 38.4 Å². The van der Waals surface area contributed by atoms with E-state index in [1.54, 1.807) is 13.3 Å². The molecule has 2 unspecified atom stereocenters. The molecule has 1 aromatic rings. The van der Waals surface area contributed by atoms with Crippen molar-refractivity contribution in [3.63, 3.8) is 0 Å². The minimum atomic E-state index is 0.192. The zero-order valence-corrected chi connectivity index (χ0v) is 10.5. The van der Waals surface area contributed by atoms with Crippen LogP contribution in [0.5, 0.6) is 11.6 Å². The van der Waals surface area contributed by atoms with Crippen molar-refractivity contribution in [1.82, 2.24) is 10.3 Å². The molecule has 0 radical (unpaired) electrons. The molecule has 94 valence electrons. The van der Waals surface area contributed by atoms with E-state index in [-0.39, 0.29) is 6.10 Å². The van der Waals surface area contributed by atoms with Crippen molar-refractivity contribution in [2.24, 2.45) is 0 Å². The van der Waals surface area contributed by atoms with Gasteiger partial charge in [0.15, 0.2) is 5.75 Å². The normalized spacial score (nSPS) is 24.4. The molecule has 4 nitrogen and oxygen atoms in total. The summed E-state index contributed by atoms with van der Waals surface area (Å²) in [7, 11) is 3.63. The van der Waals surface area contributed by atoms with E-state index < -0.39 is 0 Å². The van der Waals surface area contributed by atoms with E-state index in [4.69, 9.17) is 9.47 Å². The second-order valence-electron chi connectivity index (χ2n) is 4.35. The van der Waals surface area contributed by atoms with E-state index >= 15 is 0 Å². The zero-order valence-electron chi connectivity index (χ0n) is 10.5. The van der Waals surface area contributed by atoms with E-state index in [1.807, 2.05) is 19.2 Å². The number of hydrogen-bond donors (Lipinski definition) is 1. The molecule has 1 saturated carbocycles. The summed E-state index contributed by atoms with van der Waals surface area (Å²) < 4.78 is 11.2. The van der Waals surface area contributed by atoms with Crippen LogP contribution in [0.4, 0.5) is 0 Å². The van der Waals surface area contributed by atoms with Gasteiger partial charge in [0, 0.05) is 12.2 Å². The van der Waals surface area contributed by atoms with Gasteiger partial charge in [-0.2, -0.15) is 0 Å². The van der Waals surface area contributed by atoms with E-state index in [9.17, 15) is 0 Å². The van der Waals surface area contributed by atoms with Crippen molar-refractivity contribution in [3.05, 3.63) is 18.3 Å². The Morgan fingerprint density at radius 1 is 1.35 bits per heavy atom. The Labute approximate surface area is 102 Å². The summed E-state index contributed by atoms with van der Waals surface area (Å²) in [5.74, 6) is 1.30. The lowest BCUT2D eigenvalue weighted by Crippen LogP contribution is -2.43. The van der Waals surface area contributed by atoms with Crippen LogP contribution in [0.15, 0.2) is 18.3 Å². The number of methoxy groups -OCH3 is 1. The first kappa shape index (κ1) is 12.2. The van der Waals surface area contributed by atoms with Gasteiger partial charge < -0.3 is 14.8 Å². The first-order valence-electron chi connectivity index (χ1n) is 6.18. The number of pyridine rings is 1. The fourth-order valence-electron chi connectivity index (χ4n) is 2.33. The van der Waals surface area contributed by atoms with E-state index in [2.05, 4.69) is 10.3 Å². The van der Waals surface area contributed by atoms with Crippen LogP contribution in [0.25, 0.3) is 0 Å². The van der Waals surface area contributed by atoms with Gasteiger partial charge in [-0.1, -0.05) is 6.42 Å². The van der Waals surface area contributed by atoms with Crippen LogP contribution in [-0.4, -0.2) is 31.3 Å². The number of hydrogen-bond acceptors (Lipinski definition) is 4. The maximum absolute atomic E-state index is 5.98. The molecule has 1 heterocycles. The fourth-order valence-corrected chi connectivity index (χ4v) is 2.33. The zero-order chi connectivity index (χ0) is 12.1. The minimum absolute atomic E-state index is 0.192. The molecule has 1 N–H and O–H groups in total. The van der Waals surface area contributed by atoms with Gasteiger partial charge in [0.25, 0.3) is 5.88 Å². The highest BCUT2D eigenvalue weighted by Crippen LogP contribution is 2.28. The van der Waals surface area contributed by atoms with E-state index in [0.29, 0.717) is 17.7 Å². The molecule has 0 amide bonds. The number of aromatic nitrogens is 1. The Kier molecular flexibility index (Phi) is 4.20. The quantitative estimate of drug-likeness (QED) is 0.868. The number of rotatable bonds is 4. The Balaban J connectivity index is 2.08. The fraction of sp³-hybridized carbons (Fsp3) is 0.615. The van der Waals surface area contributed by atoms with Crippen molar-refractivity contribution in [1.29, 1.82) is 0 Å². The molecule has 17 heavy (non-hydrogen) atoms. The SMILES string of the molecule is CNC1CCCCC1Oc1ncccc1OC. The van der Waals surface area contributed by atoms with Crippen LogP contribution in [0.1, 0.15) is 25.7 Å². The van der Waals surface area contributed by atoms with Crippen LogP contribution in [-0.2, 0) is 0 Å². The maximum Gasteiger partial charge on any atom is 0.257 e. The third kappa shape index (κ3) is 2.88. The standard InChI is InChI=1S/C13H20N2O2/c1-14-10-6-3-4-7-11(10)17-13-12(16-2)8-5-9-15-13/h5,8-11,14H,3-4,6-7H2,1-2H3. The summed E-state index contributed by atoms with van der Waals surface area (Å²) in [6, 6.07) is 4.14. The molecule has 0 bridgehead atoms. The van der Waals surface area contributed by atoms with Crippen LogP contribution in [0, 0.1) is 0 Å². The van der Waals surface area contributed by atoms with Gasteiger partial charge in [-0.25, -0.2) is 4.98 Å². The summed E-state index contributed by atoms with van der Waals surface area (Å²) in [5, 5.41) is 3.32. The molecule has 1 aliphatic rings. The van der Waals surface area contributed by atoms with Gasteiger partial charge in [-0.15, -0.1) is 0 Å². The number of nitrogens with zero attached hydrogens (tertiary/aromatic N) is 1. The predicted molar refractivity (Wildman–Crippen MR) is 66.5 cm³/mol. The second-order valence-corrected chi connectivity index (χ2v) is 4.35. The maximum atomic E-state index is 5.98. The lowest BCUT2D eigenvalue weighted by atomic mass is 9.92. The molecular formula is C13H20N2O2. The molecular weight excluding hydrogens is 216 g/mol. The third-order valence-corrected chi connectivity index (χ3v) is 3.29. The molecule has 2 atom stereocenters. The van der Waals surface area contributed by atoms with Crippen LogP contribution < -0.4 is 14.8 Å². The second kappa shape index (κ2) is 5.87. The average molecular weight is 236 g/mol. The first-order valence-corrected chi connectivity index (χ1v) is 6.18. The first-order chi connectivity index (χ1) is 8.35. The minimum Gasteiger partial charge on any atom is -0.491 e. The molecule has 0 aromatic carbocycles. The van der Waals surface area contributed by atoms with Crippen molar-refractivity contribution in [2.75, 3.05) is 14.2 Å². The Morgan fingerprint density at radius 2 is 2.18 bits per heavy atom. The van der Waals surface area contributed by atoms with Crippen LogP contribution in [0.3, 0.4) is 0 Å². The van der Waals surface area contributed by atoms with Gasteiger partial charge in [0.05, 0.1) is 7.11 Å². The molecule has 2 rings (SSSR count). The Morgan fingerprint density at radius 3 is 2.94 bits per heavy atom.